The third-order valence-electron chi connectivity index (χ3n) is 1.06. The Morgan fingerprint density at radius 1 is 1.70 bits per heavy atom. The largest absolute Gasteiger partial charge is 0.301 e. The monoisotopic (exact) mass is 138 g/mol. The van der Waals surface area contributed by atoms with Gasteiger partial charge in [0, 0.05) is 12.3 Å². The Bertz CT molecular complexity index is 279. The molecule has 0 aliphatic carbocycles. The molecule has 10 heavy (non-hydrogen) atoms. The van der Waals surface area contributed by atoms with E-state index in [1.165, 1.54) is 23.2 Å². The Balaban J connectivity index is 3.03. The average molecular weight is 138 g/mol. The first-order chi connectivity index (χ1) is 4.84. The highest BCUT2D eigenvalue weighted by atomic mass is 16.1. The van der Waals surface area contributed by atoms with Gasteiger partial charge in [0.25, 0.3) is 5.56 Å². The van der Waals surface area contributed by atoms with Gasteiger partial charge in [0.15, 0.2) is 0 Å². The molecule has 1 heterocycles. The molecule has 0 bridgehead atoms. The molecular weight excluding hydrogens is 132 g/mol. The minimum atomic E-state index is -0.206. The Morgan fingerprint density at radius 2 is 2.50 bits per heavy atom. The van der Waals surface area contributed by atoms with Gasteiger partial charge >= 0.3 is 0 Å². The minimum Gasteiger partial charge on any atom is -0.301 e. The Labute approximate surface area is 57.1 Å². The van der Waals surface area contributed by atoms with Crippen molar-refractivity contribution in [2.75, 3.05) is 0 Å². The number of aldehydes is 1. The quantitative estimate of drug-likeness (QED) is 0.515. The molecule has 0 fully saturated rings. The van der Waals surface area contributed by atoms with Gasteiger partial charge in [-0.2, -0.15) is 0 Å². The Kier molecular flexibility index (Phi) is 1.94. The summed E-state index contributed by atoms with van der Waals surface area (Å²) in [6, 6.07) is 1.31. The molecule has 1 aromatic heterocycles. The fourth-order valence-corrected chi connectivity index (χ4v) is 0.596. The maximum absolute atomic E-state index is 10.8. The molecule has 4 nitrogen and oxygen atoms in total. The van der Waals surface area contributed by atoms with E-state index < -0.39 is 0 Å². The summed E-state index contributed by atoms with van der Waals surface area (Å²) in [6.07, 6.45) is 3.38. The maximum Gasteiger partial charge on any atom is 0.253 e. The summed E-state index contributed by atoms with van der Waals surface area (Å²) in [5.74, 6) is 0. The molecule has 0 spiro atoms. The van der Waals surface area contributed by atoms with E-state index in [1.807, 2.05) is 0 Å². The van der Waals surface area contributed by atoms with E-state index in [0.29, 0.717) is 6.29 Å². The predicted octanol–water partition coefficient (Wildman–Crippen LogP) is -0.558. The van der Waals surface area contributed by atoms with E-state index in [9.17, 15) is 9.59 Å². The molecule has 1 aromatic rings. The SMILES string of the molecule is O=CCn1cnccc1=O. The van der Waals surface area contributed by atoms with Gasteiger partial charge in [0.1, 0.15) is 6.29 Å². The number of rotatable bonds is 2. The van der Waals surface area contributed by atoms with Crippen molar-refractivity contribution >= 4 is 6.29 Å². The second kappa shape index (κ2) is 2.91. The summed E-state index contributed by atoms with van der Waals surface area (Å²) in [7, 11) is 0. The second-order valence-corrected chi connectivity index (χ2v) is 1.74. The summed E-state index contributed by atoms with van der Waals surface area (Å²) in [6.45, 7) is 0.0761. The predicted molar refractivity (Wildman–Crippen MR) is 34.6 cm³/mol. The molecule has 0 saturated heterocycles. The van der Waals surface area contributed by atoms with Gasteiger partial charge in [-0.05, 0) is 0 Å². The average Bonchev–Trinajstić information content (AvgIpc) is 1.94. The van der Waals surface area contributed by atoms with Crippen molar-refractivity contribution in [2.24, 2.45) is 0 Å². The zero-order chi connectivity index (χ0) is 7.40. The zero-order valence-corrected chi connectivity index (χ0v) is 5.23. The highest BCUT2D eigenvalue weighted by Gasteiger charge is 1.89. The van der Waals surface area contributed by atoms with Crippen LogP contribution in [0.25, 0.3) is 0 Å². The molecule has 0 unspecified atom stereocenters. The normalized spacial score (nSPS) is 9.20. The van der Waals surface area contributed by atoms with E-state index in [0.717, 1.165) is 0 Å². The third-order valence-corrected chi connectivity index (χ3v) is 1.06. The van der Waals surface area contributed by atoms with Crippen molar-refractivity contribution in [1.29, 1.82) is 0 Å². The van der Waals surface area contributed by atoms with E-state index in [4.69, 9.17) is 0 Å². The molecule has 0 N–H and O–H groups in total. The van der Waals surface area contributed by atoms with E-state index >= 15 is 0 Å². The third kappa shape index (κ3) is 1.28. The van der Waals surface area contributed by atoms with Crippen molar-refractivity contribution in [2.45, 2.75) is 6.54 Å². The van der Waals surface area contributed by atoms with Crippen LogP contribution in [0.1, 0.15) is 0 Å². The molecule has 0 aromatic carbocycles. The molecule has 0 atom stereocenters. The lowest BCUT2D eigenvalue weighted by Gasteiger charge is -1.94. The molecule has 1 rings (SSSR count). The fraction of sp³-hybridized carbons (Fsp3) is 0.167. The van der Waals surface area contributed by atoms with Crippen LogP contribution >= 0.6 is 0 Å². The van der Waals surface area contributed by atoms with E-state index in [2.05, 4.69) is 4.98 Å². The van der Waals surface area contributed by atoms with Gasteiger partial charge in [0.2, 0.25) is 0 Å². The lowest BCUT2D eigenvalue weighted by atomic mass is 10.6. The van der Waals surface area contributed by atoms with Crippen LogP contribution in [0.5, 0.6) is 0 Å². The van der Waals surface area contributed by atoms with Crippen LogP contribution in [-0.4, -0.2) is 15.8 Å². The number of carbonyl (C=O) groups is 1. The second-order valence-electron chi connectivity index (χ2n) is 1.74. The van der Waals surface area contributed by atoms with Crippen LogP contribution in [0.3, 0.4) is 0 Å². The first-order valence-corrected chi connectivity index (χ1v) is 2.78. The van der Waals surface area contributed by atoms with Gasteiger partial charge in [0.05, 0.1) is 12.9 Å². The summed E-state index contributed by atoms with van der Waals surface area (Å²) < 4.78 is 1.23. The molecule has 52 valence electrons. The Morgan fingerprint density at radius 3 is 3.10 bits per heavy atom. The molecule has 0 aliphatic rings. The van der Waals surface area contributed by atoms with Gasteiger partial charge in [-0.25, -0.2) is 4.98 Å². The highest BCUT2D eigenvalue weighted by Crippen LogP contribution is 1.72. The van der Waals surface area contributed by atoms with Crippen LogP contribution in [0, 0.1) is 0 Å². The number of carbonyl (C=O) groups excluding carboxylic acids is 1. The summed E-state index contributed by atoms with van der Waals surface area (Å²) in [5, 5.41) is 0. The number of aromatic nitrogens is 2. The van der Waals surface area contributed by atoms with Crippen LogP contribution in [0.4, 0.5) is 0 Å². The summed E-state index contributed by atoms with van der Waals surface area (Å²) in [5.41, 5.74) is -0.206. The highest BCUT2D eigenvalue weighted by molar-refractivity contribution is 5.48. The van der Waals surface area contributed by atoms with Gasteiger partial charge in [-0.3, -0.25) is 9.36 Å². The van der Waals surface area contributed by atoms with E-state index in [1.54, 1.807) is 0 Å². The van der Waals surface area contributed by atoms with Crippen molar-refractivity contribution in [3.8, 4) is 0 Å². The molecule has 0 aliphatic heterocycles. The first kappa shape index (κ1) is 6.67. The molecular formula is C6H6N2O2. The van der Waals surface area contributed by atoms with E-state index in [-0.39, 0.29) is 12.1 Å². The van der Waals surface area contributed by atoms with Gasteiger partial charge in [-0.15, -0.1) is 0 Å². The number of nitrogens with zero attached hydrogens (tertiary/aromatic N) is 2. The number of hydrogen-bond donors (Lipinski definition) is 0. The minimum absolute atomic E-state index is 0.0761. The lowest BCUT2D eigenvalue weighted by Crippen LogP contribution is -2.19. The summed E-state index contributed by atoms with van der Waals surface area (Å²) >= 11 is 0. The zero-order valence-electron chi connectivity index (χ0n) is 5.23. The van der Waals surface area contributed by atoms with Crippen LogP contribution in [0.15, 0.2) is 23.4 Å². The smallest absolute Gasteiger partial charge is 0.253 e. The molecule has 4 heteroatoms. The van der Waals surface area contributed by atoms with Crippen molar-refractivity contribution in [3.05, 3.63) is 28.9 Å². The lowest BCUT2D eigenvalue weighted by molar-refractivity contribution is -0.108. The maximum atomic E-state index is 10.8. The topological polar surface area (TPSA) is 52.0 Å². The van der Waals surface area contributed by atoms with Crippen LogP contribution in [-0.2, 0) is 11.3 Å². The Hall–Kier alpha value is -1.45. The number of hydrogen-bond acceptors (Lipinski definition) is 3. The molecule has 0 radical (unpaired) electrons. The van der Waals surface area contributed by atoms with Gasteiger partial charge < -0.3 is 4.79 Å². The molecule has 0 saturated carbocycles. The van der Waals surface area contributed by atoms with Crippen LogP contribution < -0.4 is 5.56 Å². The molecule has 0 amide bonds. The van der Waals surface area contributed by atoms with Crippen LogP contribution in [0.2, 0.25) is 0 Å². The standard InChI is InChI=1S/C6H6N2O2/c9-4-3-8-5-7-2-1-6(8)10/h1-2,4-5H,3H2. The van der Waals surface area contributed by atoms with Gasteiger partial charge in [-0.1, -0.05) is 0 Å². The first-order valence-electron chi connectivity index (χ1n) is 2.78. The van der Waals surface area contributed by atoms with Crippen molar-refractivity contribution < 1.29 is 4.79 Å². The fourth-order valence-electron chi connectivity index (χ4n) is 0.596. The van der Waals surface area contributed by atoms with Crippen molar-refractivity contribution in [1.82, 2.24) is 9.55 Å². The van der Waals surface area contributed by atoms with Crippen molar-refractivity contribution in [3.63, 3.8) is 0 Å². The summed E-state index contributed by atoms with van der Waals surface area (Å²) in [4.78, 5) is 24.4.